The van der Waals surface area contributed by atoms with Gasteiger partial charge in [0.25, 0.3) is 5.91 Å². The number of methoxy groups -OCH3 is 1. The van der Waals surface area contributed by atoms with Crippen LogP contribution in [0.15, 0.2) is 36.7 Å². The molecule has 1 saturated heterocycles. The number of nitrogens with zero attached hydrogens (tertiary/aromatic N) is 4. The van der Waals surface area contributed by atoms with E-state index in [1.807, 2.05) is 0 Å². The Morgan fingerprint density at radius 3 is 2.76 bits per heavy atom. The van der Waals surface area contributed by atoms with E-state index in [0.29, 0.717) is 52.3 Å². The maximum atomic E-state index is 14.0. The van der Waals surface area contributed by atoms with Gasteiger partial charge in [0.05, 0.1) is 54.5 Å². The van der Waals surface area contributed by atoms with Gasteiger partial charge < -0.3 is 30.1 Å². The van der Waals surface area contributed by atoms with Crippen molar-refractivity contribution in [2.24, 2.45) is 0 Å². The van der Waals surface area contributed by atoms with Crippen LogP contribution in [0.1, 0.15) is 47.4 Å². The lowest BCUT2D eigenvalue weighted by Gasteiger charge is -2.26. The molecule has 2 amide bonds. The van der Waals surface area contributed by atoms with Crippen molar-refractivity contribution in [3.63, 3.8) is 0 Å². The van der Waals surface area contributed by atoms with Gasteiger partial charge in [0, 0.05) is 37.1 Å². The summed E-state index contributed by atoms with van der Waals surface area (Å²) in [6.45, 7) is 2.56. The molecule has 216 valence electrons. The van der Waals surface area contributed by atoms with Gasteiger partial charge in [0.15, 0.2) is 0 Å². The average molecular weight is 585 g/mol. The third-order valence-corrected chi connectivity index (χ3v) is 7.51. The van der Waals surface area contributed by atoms with Crippen molar-refractivity contribution in [3.05, 3.63) is 64.3 Å². The molecule has 41 heavy (non-hydrogen) atoms. The maximum Gasteiger partial charge on any atom is 0.256 e. The lowest BCUT2D eigenvalue weighted by molar-refractivity contribution is -0.126. The van der Waals surface area contributed by atoms with E-state index in [-0.39, 0.29) is 24.2 Å². The molecule has 0 spiro atoms. The number of ether oxygens (including phenoxy) is 2. The van der Waals surface area contributed by atoms with E-state index in [4.69, 9.17) is 21.1 Å². The van der Waals surface area contributed by atoms with E-state index in [1.165, 1.54) is 36.4 Å². The summed E-state index contributed by atoms with van der Waals surface area (Å²) in [5.41, 5.74) is 2.15. The van der Waals surface area contributed by atoms with Gasteiger partial charge in [-0.1, -0.05) is 11.6 Å². The second kappa shape index (κ2) is 12.3. The Labute approximate surface area is 241 Å². The Morgan fingerprint density at radius 1 is 1.24 bits per heavy atom. The zero-order valence-electron chi connectivity index (χ0n) is 22.6. The highest BCUT2D eigenvalue weighted by Gasteiger charge is 2.36. The molecule has 2 aromatic heterocycles. The molecule has 0 radical (unpaired) electrons. The Hall–Kier alpha value is -3.87. The van der Waals surface area contributed by atoms with Gasteiger partial charge in [-0.3, -0.25) is 14.6 Å². The number of aliphatic hydroxyl groups is 1. The molecular weight excluding hydrogens is 555 g/mol. The van der Waals surface area contributed by atoms with Crippen LogP contribution in [0.25, 0.3) is 11.3 Å². The van der Waals surface area contributed by atoms with Crippen molar-refractivity contribution < 1.29 is 28.6 Å². The second-order valence-electron chi connectivity index (χ2n) is 9.92. The minimum absolute atomic E-state index is 0.120. The predicted octanol–water partition coefficient (Wildman–Crippen LogP) is 3.12. The van der Waals surface area contributed by atoms with Crippen molar-refractivity contribution in [3.8, 4) is 17.0 Å². The zero-order chi connectivity index (χ0) is 29.1. The summed E-state index contributed by atoms with van der Waals surface area (Å²) in [5, 5.41) is 16.2. The van der Waals surface area contributed by atoms with Crippen LogP contribution >= 0.6 is 11.6 Å². The second-order valence-corrected chi connectivity index (χ2v) is 10.3. The summed E-state index contributed by atoms with van der Waals surface area (Å²) in [6, 6.07) is 3.98. The van der Waals surface area contributed by atoms with Crippen LogP contribution in [-0.2, 0) is 16.1 Å². The molecule has 5 rings (SSSR count). The van der Waals surface area contributed by atoms with Gasteiger partial charge >= 0.3 is 0 Å². The van der Waals surface area contributed by atoms with E-state index in [0.717, 1.165) is 12.8 Å². The van der Waals surface area contributed by atoms with E-state index in [2.05, 4.69) is 25.6 Å². The molecule has 1 aromatic carbocycles. The fraction of sp³-hybridized carbons (Fsp3) is 0.393. The van der Waals surface area contributed by atoms with Crippen LogP contribution in [0.3, 0.4) is 0 Å². The molecule has 0 bridgehead atoms. The Kier molecular flexibility index (Phi) is 8.62. The lowest BCUT2D eigenvalue weighted by atomic mass is 10.1. The molecule has 3 aromatic rings. The molecule has 11 nitrogen and oxygen atoms in total. The number of benzene rings is 1. The molecule has 2 aliphatic heterocycles. The molecule has 0 unspecified atom stereocenters. The van der Waals surface area contributed by atoms with E-state index < -0.39 is 30.4 Å². The highest BCUT2D eigenvalue weighted by atomic mass is 35.5. The molecule has 4 heterocycles. The number of carbonyl (C=O) groups is 2. The van der Waals surface area contributed by atoms with Crippen LogP contribution in [0.5, 0.6) is 5.75 Å². The normalized spacial score (nSPS) is 16.7. The largest absolute Gasteiger partial charge is 0.497 e. The first-order valence-corrected chi connectivity index (χ1v) is 13.6. The highest BCUT2D eigenvalue weighted by Crippen LogP contribution is 2.31. The number of pyridine rings is 1. The average Bonchev–Trinajstić information content (AvgIpc) is 3.31. The number of amides is 2. The Balaban J connectivity index is 1.31. The number of anilines is 1. The molecule has 0 saturated carbocycles. The third kappa shape index (κ3) is 6.24. The minimum Gasteiger partial charge on any atom is -0.497 e. The SMILES string of the molecule is COc1cc(F)cc([C@@H](CO)NC(=O)[C@@H](C)N2Cc3ncc(-c4nc(NC5CCOCC5)ncc4Cl)cc3C2=O)c1. The summed E-state index contributed by atoms with van der Waals surface area (Å²) < 4.78 is 24.5. The van der Waals surface area contributed by atoms with E-state index in [1.54, 1.807) is 19.2 Å². The lowest BCUT2D eigenvalue weighted by Crippen LogP contribution is -2.46. The van der Waals surface area contributed by atoms with Gasteiger partial charge in [0.1, 0.15) is 17.6 Å². The van der Waals surface area contributed by atoms with Crippen LogP contribution in [0, 0.1) is 5.82 Å². The van der Waals surface area contributed by atoms with Crippen LogP contribution in [0.4, 0.5) is 10.3 Å². The standard InChI is InChI=1S/C28H30ClFN6O5/c1-15(26(38)34-24(14-37)16-7-18(30)10-20(8-16)40-2)36-13-23-21(27(36)39)9-17(11-31-23)25-22(29)12-32-28(35-25)33-19-3-5-41-6-4-19/h7-12,15,19,24,37H,3-6,13-14H2,1-2H3,(H,34,38)(H,32,33,35)/t15-,24-/m1/s1. The molecule has 0 aliphatic carbocycles. The monoisotopic (exact) mass is 584 g/mol. The number of rotatable bonds is 9. The number of fused-ring (bicyclic) bond motifs is 1. The Morgan fingerprint density at radius 2 is 2.02 bits per heavy atom. The smallest absolute Gasteiger partial charge is 0.256 e. The first-order valence-electron chi connectivity index (χ1n) is 13.2. The molecule has 13 heteroatoms. The first kappa shape index (κ1) is 28.7. The summed E-state index contributed by atoms with van der Waals surface area (Å²) in [5.74, 6) is -0.790. The van der Waals surface area contributed by atoms with Crippen LogP contribution in [-0.4, -0.2) is 75.8 Å². The number of halogens is 2. The number of hydrogen-bond acceptors (Lipinski definition) is 9. The molecule has 3 N–H and O–H groups in total. The fourth-order valence-corrected chi connectivity index (χ4v) is 5.07. The van der Waals surface area contributed by atoms with Crippen molar-refractivity contribution in [2.45, 2.75) is 44.4 Å². The zero-order valence-corrected chi connectivity index (χ0v) is 23.3. The molecule has 2 atom stereocenters. The van der Waals surface area contributed by atoms with Gasteiger partial charge in [-0.25, -0.2) is 14.4 Å². The van der Waals surface area contributed by atoms with Gasteiger partial charge in [-0.05, 0) is 43.5 Å². The van der Waals surface area contributed by atoms with Crippen molar-refractivity contribution >= 4 is 29.4 Å². The quantitative estimate of drug-likeness (QED) is 0.346. The number of carbonyl (C=O) groups excluding carboxylic acids is 2. The topological polar surface area (TPSA) is 139 Å². The van der Waals surface area contributed by atoms with Crippen molar-refractivity contribution in [2.75, 3.05) is 32.2 Å². The summed E-state index contributed by atoms with van der Waals surface area (Å²) in [6.07, 6.45) is 4.78. The third-order valence-electron chi connectivity index (χ3n) is 7.23. The minimum atomic E-state index is -0.900. The molecule has 1 fully saturated rings. The van der Waals surface area contributed by atoms with Gasteiger partial charge in [0.2, 0.25) is 11.9 Å². The number of aliphatic hydroxyl groups excluding tert-OH is 1. The summed E-state index contributed by atoms with van der Waals surface area (Å²) in [4.78, 5) is 41.2. The maximum absolute atomic E-state index is 14.0. The molecule has 2 aliphatic rings. The fourth-order valence-electron chi connectivity index (χ4n) is 4.87. The number of aromatic nitrogens is 3. The first-order chi connectivity index (χ1) is 19.8. The predicted molar refractivity (Wildman–Crippen MR) is 148 cm³/mol. The van der Waals surface area contributed by atoms with E-state index >= 15 is 0 Å². The van der Waals surface area contributed by atoms with Crippen molar-refractivity contribution in [1.29, 1.82) is 0 Å². The molecular formula is C28H30ClFN6O5. The number of nitrogens with one attached hydrogen (secondary N) is 2. The van der Waals surface area contributed by atoms with Crippen LogP contribution in [0.2, 0.25) is 5.02 Å². The van der Waals surface area contributed by atoms with Crippen molar-refractivity contribution in [1.82, 2.24) is 25.2 Å². The van der Waals surface area contributed by atoms with Crippen LogP contribution < -0.4 is 15.4 Å². The Bertz CT molecular complexity index is 1450. The van der Waals surface area contributed by atoms with Gasteiger partial charge in [-0.2, -0.15) is 0 Å². The summed E-state index contributed by atoms with van der Waals surface area (Å²) in [7, 11) is 1.39. The highest BCUT2D eigenvalue weighted by molar-refractivity contribution is 6.33. The van der Waals surface area contributed by atoms with Gasteiger partial charge in [-0.15, -0.1) is 0 Å². The number of hydrogen-bond donors (Lipinski definition) is 3. The summed E-state index contributed by atoms with van der Waals surface area (Å²) >= 11 is 6.42. The van der Waals surface area contributed by atoms with E-state index in [9.17, 15) is 19.1 Å².